The third-order valence-corrected chi connectivity index (χ3v) is 8.90. The third-order valence-electron chi connectivity index (χ3n) is 8.90. The molecular formula is C36H47N3O8. The van der Waals surface area contributed by atoms with Crippen molar-refractivity contribution in [3.63, 3.8) is 0 Å². The lowest BCUT2D eigenvalue weighted by Crippen LogP contribution is -2.50. The van der Waals surface area contributed by atoms with E-state index in [0.29, 0.717) is 19.3 Å². The second-order valence-electron chi connectivity index (χ2n) is 12.7. The molecule has 0 radical (unpaired) electrons. The Morgan fingerprint density at radius 3 is 2.49 bits per heavy atom. The molecule has 2 aliphatic carbocycles. The standard InChI is InChI=1S/C36H47N3O8/c1-23-9-10-24(6-4-5-16-38-35(45)39-20-30(41)33(43)34(44)31(42)21-40)18-25(23)22-46-36(14-15-36)29-19-37-17-13-27(29)28-7-2-3-8-32(28)47-26-11-12-26/h2-3,7-10,13,17-19,26,30-31,33-34,40-44H,4-6,11-12,14-16,20-22H2,1H3,(H2,38,39,45)/t30-,31+,33+,34+/m0/s1. The van der Waals surface area contributed by atoms with Crippen LogP contribution in [0.2, 0.25) is 0 Å². The smallest absolute Gasteiger partial charge is 0.314 e. The highest BCUT2D eigenvalue weighted by atomic mass is 16.5. The maximum absolute atomic E-state index is 12.1. The highest BCUT2D eigenvalue weighted by Crippen LogP contribution is 2.53. The molecule has 254 valence electrons. The number of rotatable bonds is 18. The number of ether oxygens (including phenoxy) is 2. The predicted molar refractivity (Wildman–Crippen MR) is 176 cm³/mol. The van der Waals surface area contributed by atoms with Crippen LogP contribution >= 0.6 is 0 Å². The SMILES string of the molecule is Cc1ccc(CCCCNC(=O)NC[C@H](O)[C@@H](O)[C@H](O)[C@H](O)CO)cc1COC1(c2cnccc2-c2ccccc2OC2CC2)CC1. The fourth-order valence-electron chi connectivity index (χ4n) is 5.61. The van der Waals surface area contributed by atoms with Gasteiger partial charge in [0, 0.05) is 36.6 Å². The Kier molecular flexibility index (Phi) is 11.8. The summed E-state index contributed by atoms with van der Waals surface area (Å²) in [5, 5.41) is 52.9. The van der Waals surface area contributed by atoms with Gasteiger partial charge in [-0.05, 0) is 86.3 Å². The molecule has 1 heterocycles. The number of hydrogen-bond acceptors (Lipinski definition) is 9. The minimum absolute atomic E-state index is 0.307. The van der Waals surface area contributed by atoms with Crippen LogP contribution in [-0.2, 0) is 23.4 Å². The van der Waals surface area contributed by atoms with E-state index in [4.69, 9.17) is 14.6 Å². The maximum atomic E-state index is 12.1. The molecule has 0 bridgehead atoms. The van der Waals surface area contributed by atoms with Gasteiger partial charge in [0.25, 0.3) is 0 Å². The number of nitrogens with zero attached hydrogens (tertiary/aromatic N) is 1. The van der Waals surface area contributed by atoms with Crippen LogP contribution in [-0.4, -0.2) is 86.8 Å². The molecule has 11 nitrogen and oxygen atoms in total. The Morgan fingerprint density at radius 1 is 0.979 bits per heavy atom. The van der Waals surface area contributed by atoms with E-state index >= 15 is 0 Å². The number of aryl methyl sites for hydroxylation is 2. The lowest BCUT2D eigenvalue weighted by atomic mass is 9.96. The Morgan fingerprint density at radius 2 is 1.74 bits per heavy atom. The first-order valence-corrected chi connectivity index (χ1v) is 16.5. The number of unbranched alkanes of at least 4 members (excludes halogenated alkanes) is 1. The summed E-state index contributed by atoms with van der Waals surface area (Å²) >= 11 is 0. The first-order valence-electron chi connectivity index (χ1n) is 16.5. The first kappa shape index (κ1) is 34.7. The van der Waals surface area contributed by atoms with Gasteiger partial charge in [-0.2, -0.15) is 0 Å². The van der Waals surface area contributed by atoms with Crippen molar-refractivity contribution < 1.29 is 39.8 Å². The minimum atomic E-state index is -1.74. The molecule has 2 fully saturated rings. The van der Waals surface area contributed by atoms with Gasteiger partial charge in [-0.1, -0.05) is 36.4 Å². The molecule has 0 saturated heterocycles. The Bertz CT molecular complexity index is 1480. The Hall–Kier alpha value is -3.58. The zero-order valence-corrected chi connectivity index (χ0v) is 26.8. The number of amides is 2. The Balaban J connectivity index is 1.09. The van der Waals surface area contributed by atoms with Crippen molar-refractivity contribution in [2.45, 2.75) is 94.6 Å². The number of urea groups is 1. The van der Waals surface area contributed by atoms with Crippen LogP contribution in [0.4, 0.5) is 4.79 Å². The quantitative estimate of drug-likeness (QED) is 0.102. The van der Waals surface area contributed by atoms with Gasteiger partial charge in [-0.15, -0.1) is 0 Å². The largest absolute Gasteiger partial charge is 0.490 e. The highest BCUT2D eigenvalue weighted by molar-refractivity contribution is 5.74. The van der Waals surface area contributed by atoms with Gasteiger partial charge in [0.15, 0.2) is 0 Å². The summed E-state index contributed by atoms with van der Waals surface area (Å²) in [5.41, 5.74) is 6.41. The van der Waals surface area contributed by atoms with E-state index in [2.05, 4.69) is 52.9 Å². The normalized spacial score (nSPS) is 17.7. The van der Waals surface area contributed by atoms with Crippen molar-refractivity contribution in [2.24, 2.45) is 0 Å². The van der Waals surface area contributed by atoms with Crippen molar-refractivity contribution in [2.75, 3.05) is 19.7 Å². The number of aromatic nitrogens is 1. The number of carbonyl (C=O) groups excluding carboxylic acids is 1. The molecule has 11 heteroatoms. The van der Waals surface area contributed by atoms with Gasteiger partial charge in [-0.3, -0.25) is 4.98 Å². The van der Waals surface area contributed by atoms with Crippen LogP contribution in [0.1, 0.15) is 60.8 Å². The fraction of sp³-hybridized carbons (Fsp3) is 0.500. The van der Waals surface area contributed by atoms with Gasteiger partial charge < -0.3 is 45.6 Å². The van der Waals surface area contributed by atoms with E-state index in [1.165, 1.54) is 11.1 Å². The van der Waals surface area contributed by atoms with Crippen LogP contribution in [0, 0.1) is 6.92 Å². The highest BCUT2D eigenvalue weighted by Gasteiger charge is 2.47. The molecule has 2 aromatic carbocycles. The molecule has 7 N–H and O–H groups in total. The molecule has 2 amide bonds. The van der Waals surface area contributed by atoms with Gasteiger partial charge in [0.2, 0.25) is 0 Å². The van der Waals surface area contributed by atoms with Crippen LogP contribution in [0.3, 0.4) is 0 Å². The first-order chi connectivity index (χ1) is 22.7. The van der Waals surface area contributed by atoms with E-state index in [1.54, 1.807) is 0 Å². The number of para-hydroxylation sites is 1. The van der Waals surface area contributed by atoms with Crippen molar-refractivity contribution in [3.05, 3.63) is 83.2 Å². The lowest BCUT2D eigenvalue weighted by Gasteiger charge is -2.25. The fourth-order valence-corrected chi connectivity index (χ4v) is 5.61. The second kappa shape index (κ2) is 16.0. The summed E-state index contributed by atoms with van der Waals surface area (Å²) in [6.07, 6.45) is 4.00. The molecule has 2 saturated carbocycles. The van der Waals surface area contributed by atoms with E-state index in [-0.39, 0.29) is 12.1 Å². The topological polar surface area (TPSA) is 174 Å². The van der Waals surface area contributed by atoms with Crippen LogP contribution in [0.15, 0.2) is 60.9 Å². The second-order valence-corrected chi connectivity index (χ2v) is 12.7. The molecule has 3 aromatic rings. The number of hydrogen-bond donors (Lipinski definition) is 7. The molecule has 0 spiro atoms. The summed E-state index contributed by atoms with van der Waals surface area (Å²) in [4.78, 5) is 16.5. The molecule has 0 unspecified atom stereocenters. The van der Waals surface area contributed by atoms with Crippen LogP contribution in [0.25, 0.3) is 11.1 Å². The minimum Gasteiger partial charge on any atom is -0.490 e. The molecule has 2 aliphatic rings. The maximum Gasteiger partial charge on any atom is 0.314 e. The Labute approximate surface area is 275 Å². The molecule has 1 aromatic heterocycles. The number of aliphatic hydroxyl groups is 5. The number of aliphatic hydroxyl groups excluding tert-OH is 5. The van der Waals surface area contributed by atoms with Gasteiger partial charge >= 0.3 is 6.03 Å². The van der Waals surface area contributed by atoms with Crippen LogP contribution in [0.5, 0.6) is 5.75 Å². The van der Waals surface area contributed by atoms with Gasteiger partial charge in [0.1, 0.15) is 24.1 Å². The van der Waals surface area contributed by atoms with Crippen LogP contribution < -0.4 is 15.4 Å². The lowest BCUT2D eigenvalue weighted by molar-refractivity contribution is -0.113. The number of pyridine rings is 1. The van der Waals surface area contributed by atoms with E-state index in [0.717, 1.165) is 72.9 Å². The van der Waals surface area contributed by atoms with Crippen molar-refractivity contribution in [3.8, 4) is 16.9 Å². The van der Waals surface area contributed by atoms with E-state index in [9.17, 15) is 25.2 Å². The van der Waals surface area contributed by atoms with Gasteiger partial charge in [0.05, 0.1) is 31.0 Å². The molecule has 0 aliphatic heterocycles. The average Bonchev–Trinajstić information content (AvgIpc) is 4.04. The average molecular weight is 650 g/mol. The van der Waals surface area contributed by atoms with E-state index in [1.807, 2.05) is 30.6 Å². The van der Waals surface area contributed by atoms with Gasteiger partial charge in [-0.25, -0.2) is 4.79 Å². The monoisotopic (exact) mass is 649 g/mol. The number of carbonyl (C=O) groups is 1. The summed E-state index contributed by atoms with van der Waals surface area (Å²) in [5.74, 6) is 0.906. The van der Waals surface area contributed by atoms with Crippen molar-refractivity contribution in [1.29, 1.82) is 0 Å². The zero-order valence-electron chi connectivity index (χ0n) is 26.8. The molecule has 4 atom stereocenters. The number of benzene rings is 2. The van der Waals surface area contributed by atoms with Crippen molar-refractivity contribution in [1.82, 2.24) is 15.6 Å². The molecular weight excluding hydrogens is 602 g/mol. The third kappa shape index (κ3) is 9.28. The summed E-state index contributed by atoms with van der Waals surface area (Å²) < 4.78 is 12.9. The predicted octanol–water partition coefficient (Wildman–Crippen LogP) is 2.86. The van der Waals surface area contributed by atoms with E-state index < -0.39 is 37.1 Å². The molecule has 47 heavy (non-hydrogen) atoms. The summed E-state index contributed by atoms with van der Waals surface area (Å²) in [6, 6.07) is 16.2. The molecule has 5 rings (SSSR count). The summed E-state index contributed by atoms with van der Waals surface area (Å²) in [6.45, 7) is 1.91. The zero-order chi connectivity index (χ0) is 33.4. The number of nitrogens with one attached hydrogen (secondary N) is 2. The summed E-state index contributed by atoms with van der Waals surface area (Å²) in [7, 11) is 0. The van der Waals surface area contributed by atoms with Crippen molar-refractivity contribution >= 4 is 6.03 Å².